The first-order chi connectivity index (χ1) is 8.34. The van der Waals surface area contributed by atoms with Gasteiger partial charge in [0.05, 0.1) is 11.1 Å². The highest BCUT2D eigenvalue weighted by Crippen LogP contribution is 2.36. The minimum atomic E-state index is 0.575. The molecule has 0 bridgehead atoms. The van der Waals surface area contributed by atoms with Gasteiger partial charge in [-0.05, 0) is 17.7 Å². The Kier molecular flexibility index (Phi) is 2.42. The average molecular weight is 242 g/mol. The van der Waals surface area contributed by atoms with Crippen LogP contribution in [0.1, 0.15) is 0 Å². The van der Waals surface area contributed by atoms with E-state index in [1.54, 1.807) is 11.3 Å². The van der Waals surface area contributed by atoms with E-state index in [0.717, 1.165) is 4.88 Å². The van der Waals surface area contributed by atoms with Crippen LogP contribution in [-0.2, 0) is 0 Å². The predicted octanol–water partition coefficient (Wildman–Crippen LogP) is 3.65. The molecule has 0 saturated heterocycles. The molecule has 0 atom stereocenters. The zero-order valence-corrected chi connectivity index (χ0v) is 9.78. The van der Waals surface area contributed by atoms with Crippen molar-refractivity contribution in [2.24, 2.45) is 0 Å². The normalized spacial score (nSPS) is 10.6. The number of hydrogen-bond donors (Lipinski definition) is 1. The largest absolute Gasteiger partial charge is 0.394 e. The van der Waals surface area contributed by atoms with Crippen LogP contribution in [0.2, 0.25) is 0 Å². The van der Waals surface area contributed by atoms with Crippen molar-refractivity contribution in [2.45, 2.75) is 0 Å². The van der Waals surface area contributed by atoms with Crippen LogP contribution in [0, 0.1) is 0 Å². The average Bonchev–Trinajstić information content (AvgIpc) is 2.98. The van der Waals surface area contributed by atoms with Gasteiger partial charge in [-0.1, -0.05) is 35.5 Å². The van der Waals surface area contributed by atoms with Gasteiger partial charge in [-0.2, -0.15) is 0 Å². The molecule has 0 aliphatic heterocycles. The van der Waals surface area contributed by atoms with E-state index in [0.29, 0.717) is 11.4 Å². The summed E-state index contributed by atoms with van der Waals surface area (Å²) in [5.74, 6) is 0.650. The zero-order valence-electron chi connectivity index (χ0n) is 8.96. The van der Waals surface area contributed by atoms with E-state index in [9.17, 15) is 0 Å². The van der Waals surface area contributed by atoms with Gasteiger partial charge in [0.2, 0.25) is 0 Å². The monoisotopic (exact) mass is 242 g/mol. The van der Waals surface area contributed by atoms with Crippen LogP contribution in [-0.4, -0.2) is 5.16 Å². The molecular formula is C13H10N2OS. The standard InChI is InChI=1S/C13H10N2OS/c14-10-8-15-16-13(10)12-7-6-11(17-12)9-4-2-1-3-5-9/h1-8H,14H2. The number of thiophene rings is 1. The smallest absolute Gasteiger partial charge is 0.199 e. The number of benzene rings is 1. The van der Waals surface area contributed by atoms with E-state index in [2.05, 4.69) is 23.4 Å². The second-order valence-electron chi connectivity index (χ2n) is 3.64. The number of anilines is 1. The Morgan fingerprint density at radius 3 is 2.47 bits per heavy atom. The van der Waals surface area contributed by atoms with Gasteiger partial charge in [0.25, 0.3) is 0 Å². The molecule has 2 heterocycles. The molecule has 2 N–H and O–H groups in total. The van der Waals surface area contributed by atoms with Gasteiger partial charge >= 0.3 is 0 Å². The predicted molar refractivity (Wildman–Crippen MR) is 69.7 cm³/mol. The molecule has 0 spiro atoms. The minimum absolute atomic E-state index is 0.575. The summed E-state index contributed by atoms with van der Waals surface area (Å²) in [5.41, 5.74) is 7.54. The van der Waals surface area contributed by atoms with Crippen molar-refractivity contribution >= 4 is 17.0 Å². The highest BCUT2D eigenvalue weighted by atomic mass is 32.1. The lowest BCUT2D eigenvalue weighted by Gasteiger charge is -1.95. The van der Waals surface area contributed by atoms with Crippen LogP contribution in [0.5, 0.6) is 0 Å². The molecule has 0 amide bonds. The Labute approximate surface area is 102 Å². The summed E-state index contributed by atoms with van der Waals surface area (Å²) in [5, 5.41) is 3.69. The van der Waals surface area contributed by atoms with E-state index in [4.69, 9.17) is 10.3 Å². The van der Waals surface area contributed by atoms with Crippen LogP contribution in [0.25, 0.3) is 21.1 Å². The van der Waals surface area contributed by atoms with Gasteiger partial charge in [-0.3, -0.25) is 0 Å². The van der Waals surface area contributed by atoms with E-state index < -0.39 is 0 Å². The first kappa shape index (κ1) is 10.1. The van der Waals surface area contributed by atoms with Crippen LogP contribution in [0.4, 0.5) is 5.69 Å². The summed E-state index contributed by atoms with van der Waals surface area (Å²) in [6.07, 6.45) is 1.53. The molecular weight excluding hydrogens is 232 g/mol. The molecule has 3 nitrogen and oxygen atoms in total. The fourth-order valence-corrected chi connectivity index (χ4v) is 2.66. The summed E-state index contributed by atoms with van der Waals surface area (Å²) in [7, 11) is 0. The number of nitrogens with two attached hydrogens (primary N) is 1. The fourth-order valence-electron chi connectivity index (χ4n) is 1.65. The highest BCUT2D eigenvalue weighted by molar-refractivity contribution is 7.18. The summed E-state index contributed by atoms with van der Waals surface area (Å²) in [4.78, 5) is 2.19. The topological polar surface area (TPSA) is 52.0 Å². The number of rotatable bonds is 2. The maximum atomic E-state index is 5.77. The molecule has 84 valence electrons. The summed E-state index contributed by atoms with van der Waals surface area (Å²) in [6.45, 7) is 0. The van der Waals surface area contributed by atoms with E-state index in [-0.39, 0.29) is 0 Å². The van der Waals surface area contributed by atoms with E-state index >= 15 is 0 Å². The maximum absolute atomic E-state index is 5.77. The Hall–Kier alpha value is -2.07. The zero-order chi connectivity index (χ0) is 11.7. The first-order valence-electron chi connectivity index (χ1n) is 5.20. The molecule has 0 fully saturated rings. The third-order valence-electron chi connectivity index (χ3n) is 2.49. The van der Waals surface area contributed by atoms with Crippen LogP contribution in [0.15, 0.2) is 53.2 Å². The van der Waals surface area contributed by atoms with Gasteiger partial charge < -0.3 is 10.3 Å². The third kappa shape index (κ3) is 1.83. The molecule has 3 aromatic rings. The Balaban J connectivity index is 2.02. The van der Waals surface area contributed by atoms with Crippen molar-refractivity contribution in [3.63, 3.8) is 0 Å². The van der Waals surface area contributed by atoms with E-state index in [1.165, 1.54) is 16.6 Å². The lowest BCUT2D eigenvalue weighted by atomic mass is 10.2. The van der Waals surface area contributed by atoms with Gasteiger partial charge in [0.1, 0.15) is 5.69 Å². The second kappa shape index (κ2) is 4.07. The van der Waals surface area contributed by atoms with Gasteiger partial charge in [-0.15, -0.1) is 11.3 Å². The fraction of sp³-hybridized carbons (Fsp3) is 0. The van der Waals surface area contributed by atoms with Crippen molar-refractivity contribution in [3.8, 4) is 21.1 Å². The van der Waals surface area contributed by atoms with Crippen LogP contribution >= 0.6 is 11.3 Å². The lowest BCUT2D eigenvalue weighted by molar-refractivity contribution is 0.433. The molecule has 0 unspecified atom stereocenters. The highest BCUT2D eigenvalue weighted by Gasteiger charge is 2.11. The Morgan fingerprint density at radius 1 is 1.00 bits per heavy atom. The van der Waals surface area contributed by atoms with Gasteiger partial charge in [0, 0.05) is 4.88 Å². The molecule has 1 aromatic carbocycles. The molecule has 0 saturated carbocycles. The summed E-state index contributed by atoms with van der Waals surface area (Å²) < 4.78 is 5.13. The van der Waals surface area contributed by atoms with Crippen LogP contribution in [0.3, 0.4) is 0 Å². The molecule has 2 aromatic heterocycles. The number of aromatic nitrogens is 1. The SMILES string of the molecule is Nc1cnoc1-c1ccc(-c2ccccc2)s1. The third-order valence-corrected chi connectivity index (χ3v) is 3.62. The lowest BCUT2D eigenvalue weighted by Crippen LogP contribution is -1.81. The molecule has 0 radical (unpaired) electrons. The van der Waals surface area contributed by atoms with Crippen molar-refractivity contribution in [1.29, 1.82) is 0 Å². The molecule has 4 heteroatoms. The maximum Gasteiger partial charge on any atom is 0.199 e. The summed E-state index contributed by atoms with van der Waals surface area (Å²) >= 11 is 1.64. The molecule has 0 aliphatic carbocycles. The van der Waals surface area contributed by atoms with Crippen LogP contribution < -0.4 is 5.73 Å². The first-order valence-corrected chi connectivity index (χ1v) is 6.02. The molecule has 17 heavy (non-hydrogen) atoms. The minimum Gasteiger partial charge on any atom is -0.394 e. The second-order valence-corrected chi connectivity index (χ2v) is 4.72. The van der Waals surface area contributed by atoms with Crippen molar-refractivity contribution in [3.05, 3.63) is 48.7 Å². The van der Waals surface area contributed by atoms with Crippen molar-refractivity contribution in [2.75, 3.05) is 5.73 Å². The Morgan fingerprint density at radius 2 is 1.76 bits per heavy atom. The quantitative estimate of drug-likeness (QED) is 0.746. The van der Waals surface area contributed by atoms with E-state index in [1.807, 2.05) is 24.3 Å². The van der Waals surface area contributed by atoms with Gasteiger partial charge in [-0.25, -0.2) is 0 Å². The molecule has 0 aliphatic rings. The number of nitrogen functional groups attached to an aromatic ring is 1. The van der Waals surface area contributed by atoms with Crippen molar-refractivity contribution in [1.82, 2.24) is 5.16 Å². The Bertz CT molecular complexity index is 628. The molecule has 3 rings (SSSR count). The number of nitrogens with zero attached hydrogens (tertiary/aromatic N) is 1. The summed E-state index contributed by atoms with van der Waals surface area (Å²) in [6, 6.07) is 14.3. The van der Waals surface area contributed by atoms with Crippen molar-refractivity contribution < 1.29 is 4.52 Å². The van der Waals surface area contributed by atoms with Gasteiger partial charge in [0.15, 0.2) is 5.76 Å². The number of hydrogen-bond acceptors (Lipinski definition) is 4.